The van der Waals surface area contributed by atoms with Crippen molar-refractivity contribution in [3.63, 3.8) is 0 Å². The smallest absolute Gasteiger partial charge is 0.119 e. The fourth-order valence-corrected chi connectivity index (χ4v) is 3.01. The van der Waals surface area contributed by atoms with Gasteiger partial charge in [0.2, 0.25) is 0 Å². The molecule has 0 aliphatic carbocycles. The van der Waals surface area contributed by atoms with Crippen LogP contribution in [0.25, 0.3) is 0 Å². The second kappa shape index (κ2) is 8.87. The fourth-order valence-electron chi connectivity index (χ4n) is 2.07. The van der Waals surface area contributed by atoms with Gasteiger partial charge in [-0.05, 0) is 24.6 Å². The van der Waals surface area contributed by atoms with Crippen molar-refractivity contribution >= 4 is 11.8 Å². The van der Waals surface area contributed by atoms with Gasteiger partial charge in [-0.3, -0.25) is 0 Å². The van der Waals surface area contributed by atoms with Crippen LogP contribution in [0.2, 0.25) is 0 Å². The van der Waals surface area contributed by atoms with Crippen molar-refractivity contribution in [2.45, 2.75) is 30.7 Å². The molecule has 0 aliphatic rings. The highest BCUT2D eigenvalue weighted by Gasteiger charge is 2.03. The van der Waals surface area contributed by atoms with E-state index in [4.69, 9.17) is 4.74 Å². The third-order valence-corrected chi connectivity index (χ3v) is 4.21. The number of aryl methyl sites for hydroxylation is 1. The van der Waals surface area contributed by atoms with Gasteiger partial charge < -0.3 is 14.6 Å². The number of hydrogen-bond acceptors (Lipinski definition) is 4. The van der Waals surface area contributed by atoms with Crippen LogP contribution in [-0.4, -0.2) is 29.8 Å². The average molecular weight is 305 g/mol. The molecule has 21 heavy (non-hydrogen) atoms. The van der Waals surface area contributed by atoms with Crippen LogP contribution in [0.15, 0.2) is 41.6 Å². The quantitative estimate of drug-likeness (QED) is 0.571. The van der Waals surface area contributed by atoms with E-state index in [1.807, 2.05) is 24.2 Å². The first-order valence-corrected chi connectivity index (χ1v) is 8.23. The van der Waals surface area contributed by atoms with Crippen molar-refractivity contribution < 1.29 is 4.74 Å². The second-order valence-corrected chi connectivity index (χ2v) is 5.78. The summed E-state index contributed by atoms with van der Waals surface area (Å²) in [4.78, 5) is 5.69. The number of nitrogens with zero attached hydrogens (tertiary/aromatic N) is 2. The number of methoxy groups -OCH3 is 1. The van der Waals surface area contributed by atoms with Crippen LogP contribution in [-0.2, 0) is 23.6 Å². The largest absolute Gasteiger partial charge is 0.383 e. The highest BCUT2D eigenvalue weighted by atomic mass is 32.2. The molecule has 4 nitrogen and oxygen atoms in total. The van der Waals surface area contributed by atoms with Crippen LogP contribution in [0.5, 0.6) is 0 Å². The first kappa shape index (κ1) is 16.1. The Morgan fingerprint density at radius 2 is 2.29 bits per heavy atom. The monoisotopic (exact) mass is 305 g/mol. The van der Waals surface area contributed by atoms with Gasteiger partial charge in [-0.15, -0.1) is 11.8 Å². The summed E-state index contributed by atoms with van der Waals surface area (Å²) in [5.74, 6) is 2.03. The van der Waals surface area contributed by atoms with Crippen molar-refractivity contribution in [2.24, 2.45) is 0 Å². The molecule has 0 saturated carbocycles. The Balaban J connectivity index is 1.86. The van der Waals surface area contributed by atoms with E-state index >= 15 is 0 Å². The first-order chi connectivity index (χ1) is 10.3. The van der Waals surface area contributed by atoms with Crippen molar-refractivity contribution in [3.05, 3.63) is 48.0 Å². The molecule has 2 aromatic rings. The van der Waals surface area contributed by atoms with Gasteiger partial charge >= 0.3 is 0 Å². The van der Waals surface area contributed by atoms with E-state index in [9.17, 15) is 0 Å². The standard InChI is InChI=1S/C16H23N3OS/c1-3-19-9-7-18-16(19)13-21-15-6-4-5-14(11-15)12-17-8-10-20-2/h4-7,9,11,17H,3,8,10,12-13H2,1-2H3. The number of benzene rings is 1. The molecule has 0 saturated heterocycles. The van der Waals surface area contributed by atoms with Crippen LogP contribution < -0.4 is 5.32 Å². The van der Waals surface area contributed by atoms with Crippen LogP contribution in [0, 0.1) is 0 Å². The molecule has 0 fully saturated rings. The van der Waals surface area contributed by atoms with Crippen LogP contribution in [0.4, 0.5) is 0 Å². The fraction of sp³-hybridized carbons (Fsp3) is 0.438. The topological polar surface area (TPSA) is 39.1 Å². The normalized spacial score (nSPS) is 11.0. The van der Waals surface area contributed by atoms with E-state index < -0.39 is 0 Å². The summed E-state index contributed by atoms with van der Waals surface area (Å²) in [6, 6.07) is 8.66. The molecular formula is C16H23N3OS. The molecule has 0 atom stereocenters. The Kier molecular flexibility index (Phi) is 6.79. The van der Waals surface area contributed by atoms with Gasteiger partial charge in [0.05, 0.1) is 12.4 Å². The minimum Gasteiger partial charge on any atom is -0.383 e. The van der Waals surface area contributed by atoms with Gasteiger partial charge in [0, 0.05) is 44.0 Å². The van der Waals surface area contributed by atoms with Gasteiger partial charge in [0.15, 0.2) is 0 Å². The highest BCUT2D eigenvalue weighted by Crippen LogP contribution is 2.23. The lowest BCUT2D eigenvalue weighted by Gasteiger charge is -2.07. The zero-order valence-corrected chi connectivity index (χ0v) is 13.5. The molecule has 1 N–H and O–H groups in total. The molecule has 0 spiro atoms. The first-order valence-electron chi connectivity index (χ1n) is 7.25. The highest BCUT2D eigenvalue weighted by molar-refractivity contribution is 7.98. The number of aromatic nitrogens is 2. The van der Waals surface area contributed by atoms with E-state index in [1.165, 1.54) is 10.5 Å². The van der Waals surface area contributed by atoms with Gasteiger partial charge in [0.1, 0.15) is 5.82 Å². The van der Waals surface area contributed by atoms with Gasteiger partial charge in [-0.2, -0.15) is 0 Å². The predicted molar refractivity (Wildman–Crippen MR) is 87.5 cm³/mol. The van der Waals surface area contributed by atoms with E-state index in [-0.39, 0.29) is 0 Å². The van der Waals surface area contributed by atoms with Gasteiger partial charge in [0.25, 0.3) is 0 Å². The van der Waals surface area contributed by atoms with Crippen molar-refractivity contribution in [3.8, 4) is 0 Å². The molecule has 0 bridgehead atoms. The molecule has 1 aromatic carbocycles. The molecule has 0 aliphatic heterocycles. The van der Waals surface area contributed by atoms with E-state index in [2.05, 4.69) is 46.1 Å². The molecule has 1 heterocycles. The summed E-state index contributed by atoms with van der Waals surface area (Å²) in [6.45, 7) is 5.61. The molecule has 0 amide bonds. The van der Waals surface area contributed by atoms with Crippen molar-refractivity contribution in [1.29, 1.82) is 0 Å². The Hall–Kier alpha value is -1.30. The summed E-state index contributed by atoms with van der Waals surface area (Å²) in [5, 5.41) is 3.37. The number of imidazole rings is 1. The molecular weight excluding hydrogens is 282 g/mol. The van der Waals surface area contributed by atoms with E-state index in [0.29, 0.717) is 0 Å². The summed E-state index contributed by atoms with van der Waals surface area (Å²) >= 11 is 1.83. The maximum Gasteiger partial charge on any atom is 0.119 e. The Bertz CT molecular complexity index is 542. The molecule has 5 heteroatoms. The Labute approximate surface area is 130 Å². The number of hydrogen-bond donors (Lipinski definition) is 1. The van der Waals surface area contributed by atoms with E-state index in [0.717, 1.165) is 37.8 Å². The molecule has 114 valence electrons. The molecule has 0 unspecified atom stereocenters. The van der Waals surface area contributed by atoms with Gasteiger partial charge in [-0.1, -0.05) is 12.1 Å². The summed E-state index contributed by atoms with van der Waals surface area (Å²) in [5.41, 5.74) is 1.30. The molecule has 2 rings (SSSR count). The van der Waals surface area contributed by atoms with Crippen LogP contribution >= 0.6 is 11.8 Å². The lowest BCUT2D eigenvalue weighted by molar-refractivity contribution is 0.199. The zero-order valence-electron chi connectivity index (χ0n) is 12.7. The minimum absolute atomic E-state index is 0.744. The summed E-state index contributed by atoms with van der Waals surface area (Å²) in [6.07, 6.45) is 3.90. The molecule has 1 aromatic heterocycles. The second-order valence-electron chi connectivity index (χ2n) is 4.74. The minimum atomic E-state index is 0.744. The summed E-state index contributed by atoms with van der Waals surface area (Å²) in [7, 11) is 1.72. The lowest BCUT2D eigenvalue weighted by atomic mass is 10.2. The van der Waals surface area contributed by atoms with Crippen LogP contribution in [0.1, 0.15) is 18.3 Å². The third-order valence-electron chi connectivity index (χ3n) is 3.22. The van der Waals surface area contributed by atoms with E-state index in [1.54, 1.807) is 7.11 Å². The zero-order chi connectivity index (χ0) is 14.9. The number of rotatable bonds is 9. The third kappa shape index (κ3) is 5.19. The Morgan fingerprint density at radius 3 is 3.10 bits per heavy atom. The SMILES string of the molecule is CCn1ccnc1CSc1cccc(CNCCOC)c1. The molecule has 0 radical (unpaired) electrons. The summed E-state index contributed by atoms with van der Waals surface area (Å²) < 4.78 is 7.21. The number of nitrogens with one attached hydrogen (secondary N) is 1. The van der Waals surface area contributed by atoms with Crippen molar-refractivity contribution in [1.82, 2.24) is 14.9 Å². The number of ether oxygens (including phenoxy) is 1. The van der Waals surface area contributed by atoms with Gasteiger partial charge in [-0.25, -0.2) is 4.98 Å². The Morgan fingerprint density at radius 1 is 1.38 bits per heavy atom. The maximum atomic E-state index is 5.03. The lowest BCUT2D eigenvalue weighted by Crippen LogP contribution is -2.18. The number of thioether (sulfide) groups is 1. The van der Waals surface area contributed by atoms with Crippen LogP contribution in [0.3, 0.4) is 0 Å². The predicted octanol–water partition coefficient (Wildman–Crippen LogP) is 2.93. The van der Waals surface area contributed by atoms with Crippen molar-refractivity contribution in [2.75, 3.05) is 20.3 Å². The maximum absolute atomic E-state index is 5.03. The average Bonchev–Trinajstić information content (AvgIpc) is 2.97.